The molecule has 2 aromatic rings. The van der Waals surface area contributed by atoms with E-state index < -0.39 is 0 Å². The van der Waals surface area contributed by atoms with Crippen molar-refractivity contribution in [2.45, 2.75) is 18.9 Å². The maximum Gasteiger partial charge on any atom is 0.275 e. The lowest BCUT2D eigenvalue weighted by Gasteiger charge is -2.23. The van der Waals surface area contributed by atoms with E-state index in [1.54, 1.807) is 0 Å². The van der Waals surface area contributed by atoms with Gasteiger partial charge in [-0.1, -0.05) is 18.2 Å². The molecule has 2 heterocycles. The number of carbonyl (C=O) groups excluding carboxylic acids is 1. The summed E-state index contributed by atoms with van der Waals surface area (Å²) in [5, 5.41) is 11.2. The highest BCUT2D eigenvalue weighted by molar-refractivity contribution is 6.04. The molecule has 0 bridgehead atoms. The first-order valence-corrected chi connectivity index (χ1v) is 6.70. The number of nitrogens with zero attached hydrogens (tertiary/aromatic N) is 2. The largest absolute Gasteiger partial charge is 0.333 e. The minimum atomic E-state index is 0.0372. The molecule has 1 amide bonds. The van der Waals surface area contributed by atoms with Crippen molar-refractivity contribution >= 4 is 16.8 Å². The monoisotopic (exact) mass is 258 g/mol. The fourth-order valence-corrected chi connectivity index (χ4v) is 2.81. The third-order valence-corrected chi connectivity index (χ3v) is 3.75. The molecule has 1 aromatic carbocycles. The molecule has 2 N–H and O–H groups in total. The van der Waals surface area contributed by atoms with Crippen LogP contribution in [-0.2, 0) is 0 Å². The molecule has 1 unspecified atom stereocenters. The normalized spacial score (nSPS) is 19.2. The number of fused-ring (bicyclic) bond motifs is 1. The SMILES string of the molecule is CNCC1CCCN1C(=O)c1n[nH]c2ccccc12. The summed E-state index contributed by atoms with van der Waals surface area (Å²) in [6.45, 7) is 1.67. The number of carbonyl (C=O) groups is 1. The van der Waals surface area contributed by atoms with Gasteiger partial charge in [-0.2, -0.15) is 5.10 Å². The van der Waals surface area contributed by atoms with Crippen LogP contribution in [0.4, 0.5) is 0 Å². The van der Waals surface area contributed by atoms with Gasteiger partial charge >= 0.3 is 0 Å². The Morgan fingerprint density at radius 1 is 1.53 bits per heavy atom. The van der Waals surface area contributed by atoms with E-state index in [-0.39, 0.29) is 11.9 Å². The zero-order valence-corrected chi connectivity index (χ0v) is 11.0. The number of para-hydroxylation sites is 1. The van der Waals surface area contributed by atoms with Crippen LogP contribution in [0.1, 0.15) is 23.3 Å². The molecule has 0 aliphatic carbocycles. The van der Waals surface area contributed by atoms with Gasteiger partial charge in [-0.3, -0.25) is 9.89 Å². The zero-order valence-electron chi connectivity index (χ0n) is 11.0. The topological polar surface area (TPSA) is 61.0 Å². The molecule has 3 rings (SSSR count). The number of likely N-dealkylation sites (tertiary alicyclic amines) is 1. The summed E-state index contributed by atoms with van der Waals surface area (Å²) in [6.07, 6.45) is 2.13. The maximum atomic E-state index is 12.6. The highest BCUT2D eigenvalue weighted by atomic mass is 16.2. The summed E-state index contributed by atoms with van der Waals surface area (Å²) >= 11 is 0. The van der Waals surface area contributed by atoms with E-state index in [4.69, 9.17) is 0 Å². The fourth-order valence-electron chi connectivity index (χ4n) is 2.81. The molecule has 5 nitrogen and oxygen atoms in total. The summed E-state index contributed by atoms with van der Waals surface area (Å²) in [4.78, 5) is 14.6. The second kappa shape index (κ2) is 5.01. The average Bonchev–Trinajstić information content (AvgIpc) is 3.04. The van der Waals surface area contributed by atoms with Crippen LogP contribution in [0, 0.1) is 0 Å². The first-order chi connectivity index (χ1) is 9.31. The van der Waals surface area contributed by atoms with Gasteiger partial charge in [0.15, 0.2) is 5.69 Å². The highest BCUT2D eigenvalue weighted by Crippen LogP contribution is 2.22. The van der Waals surface area contributed by atoms with Crippen LogP contribution in [0.3, 0.4) is 0 Å². The molecular weight excluding hydrogens is 240 g/mol. The van der Waals surface area contributed by atoms with Crippen molar-refractivity contribution in [3.63, 3.8) is 0 Å². The van der Waals surface area contributed by atoms with Crippen LogP contribution < -0.4 is 5.32 Å². The maximum absolute atomic E-state index is 12.6. The Hall–Kier alpha value is -1.88. The fraction of sp³-hybridized carbons (Fsp3) is 0.429. The number of rotatable bonds is 3. The minimum Gasteiger partial charge on any atom is -0.333 e. The second-order valence-corrected chi connectivity index (χ2v) is 4.97. The van der Waals surface area contributed by atoms with Gasteiger partial charge in [0.25, 0.3) is 5.91 Å². The van der Waals surface area contributed by atoms with Crippen LogP contribution in [0.25, 0.3) is 10.9 Å². The van der Waals surface area contributed by atoms with Crippen molar-refractivity contribution < 1.29 is 4.79 Å². The van der Waals surface area contributed by atoms with Crippen molar-refractivity contribution in [3.05, 3.63) is 30.0 Å². The molecule has 100 valence electrons. The summed E-state index contributed by atoms with van der Waals surface area (Å²) in [7, 11) is 1.92. The highest BCUT2D eigenvalue weighted by Gasteiger charge is 2.30. The number of benzene rings is 1. The van der Waals surface area contributed by atoms with Gasteiger partial charge in [0.1, 0.15) is 0 Å². The van der Waals surface area contributed by atoms with Crippen LogP contribution in [0.2, 0.25) is 0 Å². The van der Waals surface area contributed by atoms with Crippen molar-refractivity contribution in [3.8, 4) is 0 Å². The number of amides is 1. The van der Waals surface area contributed by atoms with E-state index >= 15 is 0 Å². The predicted molar refractivity (Wildman–Crippen MR) is 74.1 cm³/mol. The lowest BCUT2D eigenvalue weighted by Crippen LogP contribution is -2.41. The summed E-state index contributed by atoms with van der Waals surface area (Å²) in [5.41, 5.74) is 1.45. The lowest BCUT2D eigenvalue weighted by molar-refractivity contribution is 0.0733. The average molecular weight is 258 g/mol. The Kier molecular flexibility index (Phi) is 3.21. The molecule has 0 radical (unpaired) electrons. The number of aromatic amines is 1. The zero-order chi connectivity index (χ0) is 13.2. The number of likely N-dealkylation sites (N-methyl/N-ethyl adjacent to an activating group) is 1. The van der Waals surface area contributed by atoms with Crippen molar-refractivity contribution in [1.29, 1.82) is 0 Å². The van der Waals surface area contributed by atoms with E-state index in [1.165, 1.54) is 0 Å². The van der Waals surface area contributed by atoms with E-state index in [1.807, 2.05) is 36.2 Å². The van der Waals surface area contributed by atoms with Gasteiger partial charge in [0.2, 0.25) is 0 Å². The molecular formula is C14H18N4O. The molecule has 1 saturated heterocycles. The Morgan fingerprint density at radius 3 is 3.21 bits per heavy atom. The number of H-pyrrole nitrogens is 1. The first kappa shape index (κ1) is 12.2. The molecule has 1 atom stereocenters. The van der Waals surface area contributed by atoms with E-state index in [0.29, 0.717) is 5.69 Å². The van der Waals surface area contributed by atoms with Gasteiger partial charge in [-0.05, 0) is 26.0 Å². The van der Waals surface area contributed by atoms with Crippen molar-refractivity contribution in [1.82, 2.24) is 20.4 Å². The molecule has 19 heavy (non-hydrogen) atoms. The van der Waals surface area contributed by atoms with E-state index in [9.17, 15) is 4.79 Å². The van der Waals surface area contributed by atoms with E-state index in [0.717, 1.165) is 36.8 Å². The third-order valence-electron chi connectivity index (χ3n) is 3.75. The predicted octanol–water partition coefficient (Wildman–Crippen LogP) is 1.39. The molecule has 1 fully saturated rings. The smallest absolute Gasteiger partial charge is 0.275 e. The van der Waals surface area contributed by atoms with Gasteiger partial charge in [0, 0.05) is 24.5 Å². The molecule has 0 spiro atoms. The van der Waals surface area contributed by atoms with Gasteiger partial charge in [-0.15, -0.1) is 0 Å². The first-order valence-electron chi connectivity index (χ1n) is 6.70. The van der Waals surface area contributed by atoms with Gasteiger partial charge in [-0.25, -0.2) is 0 Å². The van der Waals surface area contributed by atoms with Gasteiger partial charge in [0.05, 0.1) is 5.52 Å². The Bertz CT molecular complexity index is 592. The summed E-state index contributed by atoms with van der Waals surface area (Å²) in [6, 6.07) is 8.04. The molecule has 1 aromatic heterocycles. The van der Waals surface area contributed by atoms with Crippen LogP contribution >= 0.6 is 0 Å². The molecule has 0 saturated carbocycles. The van der Waals surface area contributed by atoms with Crippen LogP contribution in [0.5, 0.6) is 0 Å². The van der Waals surface area contributed by atoms with Gasteiger partial charge < -0.3 is 10.2 Å². The Balaban J connectivity index is 1.91. The standard InChI is InChI=1S/C14H18N4O/c1-15-9-10-5-4-8-18(10)14(19)13-11-6-2-3-7-12(11)16-17-13/h2-3,6-7,10,15H,4-5,8-9H2,1H3,(H,16,17). The van der Waals surface area contributed by atoms with E-state index in [2.05, 4.69) is 15.5 Å². The molecule has 5 heteroatoms. The second-order valence-electron chi connectivity index (χ2n) is 4.97. The summed E-state index contributed by atoms with van der Waals surface area (Å²) in [5.74, 6) is 0.0372. The Morgan fingerprint density at radius 2 is 2.37 bits per heavy atom. The van der Waals surface area contributed by atoms with Crippen molar-refractivity contribution in [2.75, 3.05) is 20.1 Å². The van der Waals surface area contributed by atoms with Crippen molar-refractivity contribution in [2.24, 2.45) is 0 Å². The minimum absolute atomic E-state index is 0.0372. The molecule has 1 aliphatic heterocycles. The number of hydrogen-bond acceptors (Lipinski definition) is 3. The summed E-state index contributed by atoms with van der Waals surface area (Å²) < 4.78 is 0. The number of aromatic nitrogens is 2. The number of nitrogens with one attached hydrogen (secondary N) is 2. The Labute approximate surface area is 112 Å². The van der Waals surface area contributed by atoms with Crippen LogP contribution in [-0.4, -0.2) is 47.2 Å². The lowest BCUT2D eigenvalue weighted by atomic mass is 10.1. The quantitative estimate of drug-likeness (QED) is 0.874. The molecule has 1 aliphatic rings. The third kappa shape index (κ3) is 2.10. The van der Waals surface area contributed by atoms with Crippen LogP contribution in [0.15, 0.2) is 24.3 Å². The number of hydrogen-bond donors (Lipinski definition) is 2.